The highest BCUT2D eigenvalue weighted by molar-refractivity contribution is 6.30. The summed E-state index contributed by atoms with van der Waals surface area (Å²) in [6.45, 7) is 1.29. The van der Waals surface area contributed by atoms with Gasteiger partial charge < -0.3 is 4.90 Å². The van der Waals surface area contributed by atoms with Gasteiger partial charge in [0.05, 0.1) is 12.1 Å². The average Bonchev–Trinajstić information content (AvgIpc) is 3.11. The van der Waals surface area contributed by atoms with Crippen LogP contribution in [0.2, 0.25) is 5.02 Å². The third kappa shape index (κ3) is 3.99. The van der Waals surface area contributed by atoms with Crippen LogP contribution in [0.3, 0.4) is 0 Å². The Kier molecular flexibility index (Phi) is 5.25. The maximum Gasteiger partial charge on any atom is 0.348 e. The number of nitrogens with one attached hydrogen (secondary N) is 1. The maximum absolute atomic E-state index is 12.5. The SMILES string of the molecule is O=C(Cc1ccccn1)N1CCC(c2nn(-c3ccc(Cl)cc3)c(=O)[nH]2)CC1. The molecule has 0 spiro atoms. The Labute approximate surface area is 167 Å². The van der Waals surface area contributed by atoms with Gasteiger partial charge in [0, 0.05) is 35.9 Å². The first-order chi connectivity index (χ1) is 13.6. The smallest absolute Gasteiger partial charge is 0.342 e. The summed E-state index contributed by atoms with van der Waals surface area (Å²) in [4.78, 5) is 33.7. The number of carbonyl (C=O) groups is 1. The van der Waals surface area contributed by atoms with E-state index in [9.17, 15) is 9.59 Å². The molecule has 1 saturated heterocycles. The molecule has 144 valence electrons. The number of aromatic nitrogens is 4. The Morgan fingerprint density at radius 2 is 1.89 bits per heavy atom. The lowest BCUT2D eigenvalue weighted by atomic mass is 9.96. The van der Waals surface area contributed by atoms with Crippen molar-refractivity contribution in [2.45, 2.75) is 25.2 Å². The Hall–Kier alpha value is -2.93. The van der Waals surface area contributed by atoms with Gasteiger partial charge in [-0.15, -0.1) is 5.10 Å². The Morgan fingerprint density at radius 3 is 2.57 bits per heavy atom. The third-order valence-electron chi connectivity index (χ3n) is 5.00. The van der Waals surface area contributed by atoms with Gasteiger partial charge in [-0.1, -0.05) is 17.7 Å². The molecule has 8 heteroatoms. The van der Waals surface area contributed by atoms with Gasteiger partial charge >= 0.3 is 5.69 Å². The summed E-state index contributed by atoms with van der Waals surface area (Å²) < 4.78 is 1.35. The minimum absolute atomic E-state index is 0.0809. The Balaban J connectivity index is 1.40. The van der Waals surface area contributed by atoms with Gasteiger partial charge in [-0.2, -0.15) is 4.68 Å². The lowest BCUT2D eigenvalue weighted by Crippen LogP contribution is -2.39. The topological polar surface area (TPSA) is 83.9 Å². The normalized spacial score (nSPS) is 15.0. The van der Waals surface area contributed by atoms with E-state index in [-0.39, 0.29) is 17.5 Å². The molecule has 28 heavy (non-hydrogen) atoms. The number of rotatable bonds is 4. The molecule has 0 radical (unpaired) electrons. The molecule has 7 nitrogen and oxygen atoms in total. The number of piperidine rings is 1. The van der Waals surface area contributed by atoms with E-state index in [1.807, 2.05) is 23.1 Å². The van der Waals surface area contributed by atoms with Crippen LogP contribution in [-0.2, 0) is 11.2 Å². The van der Waals surface area contributed by atoms with E-state index in [2.05, 4.69) is 15.1 Å². The molecule has 1 aromatic carbocycles. The fourth-order valence-electron chi connectivity index (χ4n) is 3.45. The van der Waals surface area contributed by atoms with Crippen LogP contribution in [0, 0.1) is 0 Å². The van der Waals surface area contributed by atoms with Crippen LogP contribution in [0.5, 0.6) is 0 Å². The lowest BCUT2D eigenvalue weighted by molar-refractivity contribution is -0.131. The van der Waals surface area contributed by atoms with Crippen molar-refractivity contribution in [2.75, 3.05) is 13.1 Å². The second-order valence-electron chi connectivity index (χ2n) is 6.86. The molecule has 2 aromatic heterocycles. The quantitative estimate of drug-likeness (QED) is 0.733. The number of hydrogen-bond acceptors (Lipinski definition) is 4. The molecular formula is C20H20ClN5O2. The monoisotopic (exact) mass is 397 g/mol. The summed E-state index contributed by atoms with van der Waals surface area (Å²) >= 11 is 5.90. The van der Waals surface area contributed by atoms with Crippen LogP contribution in [0.25, 0.3) is 5.69 Å². The molecular weight excluding hydrogens is 378 g/mol. The number of halogens is 1. The van der Waals surface area contributed by atoms with Crippen molar-refractivity contribution in [3.05, 3.63) is 75.7 Å². The van der Waals surface area contributed by atoms with E-state index in [1.54, 1.807) is 30.5 Å². The van der Waals surface area contributed by atoms with Crippen LogP contribution in [0.15, 0.2) is 53.5 Å². The van der Waals surface area contributed by atoms with Crippen molar-refractivity contribution in [3.63, 3.8) is 0 Å². The summed E-state index contributed by atoms with van der Waals surface area (Å²) in [7, 11) is 0. The first kappa shape index (κ1) is 18.4. The highest BCUT2D eigenvalue weighted by atomic mass is 35.5. The largest absolute Gasteiger partial charge is 0.348 e. The van der Waals surface area contributed by atoms with Crippen LogP contribution in [0.1, 0.15) is 30.3 Å². The molecule has 1 amide bonds. The van der Waals surface area contributed by atoms with E-state index >= 15 is 0 Å². The van der Waals surface area contributed by atoms with Gasteiger partial charge in [0.2, 0.25) is 5.91 Å². The van der Waals surface area contributed by atoms with Gasteiger partial charge in [-0.05, 0) is 49.2 Å². The molecule has 4 rings (SSSR count). The van der Waals surface area contributed by atoms with Crippen LogP contribution in [-0.4, -0.2) is 43.6 Å². The van der Waals surface area contributed by atoms with Crippen molar-refractivity contribution in [1.82, 2.24) is 24.6 Å². The summed E-state index contributed by atoms with van der Waals surface area (Å²) in [6, 6.07) is 12.5. The number of benzene rings is 1. The number of nitrogens with zero attached hydrogens (tertiary/aromatic N) is 4. The maximum atomic E-state index is 12.5. The summed E-state index contributed by atoms with van der Waals surface area (Å²) in [6.07, 6.45) is 3.54. The lowest BCUT2D eigenvalue weighted by Gasteiger charge is -2.31. The second-order valence-corrected chi connectivity index (χ2v) is 7.29. The standard InChI is InChI=1S/C20H20ClN5O2/c21-15-4-6-17(7-5-15)26-20(28)23-19(24-26)14-8-11-25(12-9-14)18(27)13-16-3-1-2-10-22-16/h1-7,10,14H,8-9,11-13H2,(H,23,24,28). The number of pyridine rings is 1. The number of hydrogen-bond donors (Lipinski definition) is 1. The molecule has 1 fully saturated rings. The minimum atomic E-state index is -0.272. The Morgan fingerprint density at radius 1 is 1.14 bits per heavy atom. The second kappa shape index (κ2) is 7.98. The first-order valence-electron chi connectivity index (χ1n) is 9.23. The van der Waals surface area contributed by atoms with Gasteiger partial charge in [-0.25, -0.2) is 4.79 Å². The van der Waals surface area contributed by atoms with Gasteiger partial charge in [-0.3, -0.25) is 14.8 Å². The number of likely N-dealkylation sites (tertiary alicyclic amines) is 1. The predicted octanol–water partition coefficient (Wildman–Crippen LogP) is 2.56. The summed E-state index contributed by atoms with van der Waals surface area (Å²) in [5.41, 5.74) is 1.17. The van der Waals surface area contributed by atoms with Crippen molar-refractivity contribution in [3.8, 4) is 5.69 Å². The molecule has 1 N–H and O–H groups in total. The first-order valence-corrected chi connectivity index (χ1v) is 9.61. The van der Waals surface area contributed by atoms with Crippen molar-refractivity contribution >= 4 is 17.5 Å². The van der Waals surface area contributed by atoms with Crippen molar-refractivity contribution in [1.29, 1.82) is 0 Å². The highest BCUT2D eigenvalue weighted by Gasteiger charge is 2.26. The molecule has 0 bridgehead atoms. The summed E-state index contributed by atoms with van der Waals surface area (Å²) in [5.74, 6) is 0.870. The van der Waals surface area contributed by atoms with Gasteiger partial charge in [0.15, 0.2) is 0 Å². The zero-order valence-corrected chi connectivity index (χ0v) is 16.0. The Bertz CT molecular complexity index is 1010. The van der Waals surface area contributed by atoms with Crippen LogP contribution in [0.4, 0.5) is 0 Å². The van der Waals surface area contributed by atoms with E-state index in [0.717, 1.165) is 18.5 Å². The van der Waals surface area contributed by atoms with E-state index in [0.29, 0.717) is 36.0 Å². The summed E-state index contributed by atoms with van der Waals surface area (Å²) in [5, 5.41) is 5.07. The van der Waals surface area contributed by atoms with E-state index < -0.39 is 0 Å². The number of H-pyrrole nitrogens is 1. The van der Waals surface area contributed by atoms with Crippen LogP contribution < -0.4 is 5.69 Å². The molecule has 3 aromatic rings. The van der Waals surface area contributed by atoms with E-state index in [1.165, 1.54) is 4.68 Å². The number of amides is 1. The predicted molar refractivity (Wildman–Crippen MR) is 106 cm³/mol. The third-order valence-corrected chi connectivity index (χ3v) is 5.25. The van der Waals surface area contributed by atoms with Crippen molar-refractivity contribution in [2.24, 2.45) is 0 Å². The zero-order valence-electron chi connectivity index (χ0n) is 15.2. The molecule has 0 aliphatic carbocycles. The molecule has 0 unspecified atom stereocenters. The zero-order chi connectivity index (χ0) is 19.5. The molecule has 1 aliphatic heterocycles. The molecule has 0 atom stereocenters. The van der Waals surface area contributed by atoms with Gasteiger partial charge in [0.25, 0.3) is 0 Å². The van der Waals surface area contributed by atoms with Gasteiger partial charge in [0.1, 0.15) is 5.82 Å². The minimum Gasteiger partial charge on any atom is -0.342 e. The number of aromatic amines is 1. The van der Waals surface area contributed by atoms with Crippen LogP contribution >= 0.6 is 11.6 Å². The highest BCUT2D eigenvalue weighted by Crippen LogP contribution is 2.25. The van der Waals surface area contributed by atoms with Crippen molar-refractivity contribution < 1.29 is 4.79 Å². The fourth-order valence-corrected chi connectivity index (χ4v) is 3.58. The molecule has 1 aliphatic rings. The van der Waals surface area contributed by atoms with E-state index in [4.69, 9.17) is 11.6 Å². The average molecular weight is 398 g/mol. The number of carbonyl (C=O) groups excluding carboxylic acids is 1. The fraction of sp³-hybridized carbons (Fsp3) is 0.300. The molecule has 0 saturated carbocycles. The molecule has 3 heterocycles.